The standard InChI is InChI=1S/C20H30N6O2.HI/c1-20(2,3)28-19(27)23-12-11-22-18(21-4)24-14-16-8-5-6-9-17(16)15-26-13-7-10-25-26;/h5-10,13H,11-12,14-15H2,1-4H3,(H,23,27)(H2,21,22,24);1H. The molecule has 8 nitrogen and oxygen atoms in total. The second-order valence-corrected chi connectivity index (χ2v) is 7.25. The van der Waals surface area contributed by atoms with Crippen LogP contribution in [0.3, 0.4) is 0 Å². The first-order valence-corrected chi connectivity index (χ1v) is 9.33. The van der Waals surface area contributed by atoms with Crippen molar-refractivity contribution in [2.75, 3.05) is 20.1 Å². The summed E-state index contributed by atoms with van der Waals surface area (Å²) in [4.78, 5) is 15.9. The van der Waals surface area contributed by atoms with Crippen molar-refractivity contribution in [3.8, 4) is 0 Å². The minimum Gasteiger partial charge on any atom is -0.444 e. The lowest BCUT2D eigenvalue weighted by Crippen LogP contribution is -2.42. The number of carbonyl (C=O) groups is 1. The topological polar surface area (TPSA) is 92.6 Å². The maximum absolute atomic E-state index is 11.6. The zero-order valence-corrected chi connectivity index (χ0v) is 19.8. The molecule has 1 aromatic carbocycles. The molecule has 0 atom stereocenters. The van der Waals surface area contributed by atoms with Crippen molar-refractivity contribution in [1.82, 2.24) is 25.7 Å². The second kappa shape index (κ2) is 12.3. The number of guanidine groups is 1. The Morgan fingerprint density at radius 3 is 2.41 bits per heavy atom. The molecule has 0 unspecified atom stereocenters. The van der Waals surface area contributed by atoms with Gasteiger partial charge in [-0.3, -0.25) is 9.67 Å². The van der Waals surface area contributed by atoms with Gasteiger partial charge in [0.05, 0.1) is 6.54 Å². The summed E-state index contributed by atoms with van der Waals surface area (Å²) in [7, 11) is 1.71. The van der Waals surface area contributed by atoms with Gasteiger partial charge < -0.3 is 20.7 Å². The summed E-state index contributed by atoms with van der Waals surface area (Å²) < 4.78 is 7.10. The molecule has 0 spiro atoms. The molecule has 0 aliphatic rings. The fourth-order valence-electron chi connectivity index (χ4n) is 2.51. The van der Waals surface area contributed by atoms with Crippen LogP contribution in [0.25, 0.3) is 0 Å². The number of rotatable bonds is 7. The SMILES string of the molecule is CN=C(NCCNC(=O)OC(C)(C)C)NCc1ccccc1Cn1cccn1.I. The van der Waals surface area contributed by atoms with E-state index in [1.54, 1.807) is 13.2 Å². The molecule has 160 valence electrons. The summed E-state index contributed by atoms with van der Waals surface area (Å²) in [6, 6.07) is 10.1. The lowest BCUT2D eigenvalue weighted by atomic mass is 10.1. The first kappa shape index (κ1) is 24.7. The minimum atomic E-state index is -0.501. The van der Waals surface area contributed by atoms with Gasteiger partial charge in [-0.05, 0) is 38.0 Å². The number of halogens is 1. The van der Waals surface area contributed by atoms with Gasteiger partial charge >= 0.3 is 6.09 Å². The van der Waals surface area contributed by atoms with Gasteiger partial charge in [0, 0.05) is 39.1 Å². The third-order valence-electron chi connectivity index (χ3n) is 3.77. The van der Waals surface area contributed by atoms with Crippen LogP contribution in [-0.2, 0) is 17.8 Å². The van der Waals surface area contributed by atoms with Crippen molar-refractivity contribution >= 4 is 36.0 Å². The summed E-state index contributed by atoms with van der Waals surface area (Å²) >= 11 is 0. The van der Waals surface area contributed by atoms with Gasteiger partial charge in [0.2, 0.25) is 0 Å². The minimum absolute atomic E-state index is 0. The smallest absolute Gasteiger partial charge is 0.407 e. The Labute approximate surface area is 189 Å². The van der Waals surface area contributed by atoms with Gasteiger partial charge in [0.1, 0.15) is 5.60 Å². The molecule has 2 aromatic rings. The van der Waals surface area contributed by atoms with E-state index in [1.807, 2.05) is 49.8 Å². The Bertz CT molecular complexity index is 772. The fraction of sp³-hybridized carbons (Fsp3) is 0.450. The molecule has 0 saturated carbocycles. The van der Waals surface area contributed by atoms with Crippen molar-refractivity contribution in [3.63, 3.8) is 0 Å². The molecular formula is C20H31IN6O2. The summed E-state index contributed by atoms with van der Waals surface area (Å²) in [6.07, 6.45) is 3.30. The molecule has 2 rings (SSSR count). The quantitative estimate of drug-likeness (QED) is 0.229. The van der Waals surface area contributed by atoms with Crippen LogP contribution in [-0.4, -0.2) is 47.6 Å². The molecule has 9 heteroatoms. The van der Waals surface area contributed by atoms with E-state index in [0.29, 0.717) is 25.6 Å². The van der Waals surface area contributed by atoms with E-state index < -0.39 is 11.7 Å². The zero-order valence-electron chi connectivity index (χ0n) is 17.4. The van der Waals surface area contributed by atoms with E-state index in [4.69, 9.17) is 4.74 Å². The van der Waals surface area contributed by atoms with Crippen LogP contribution in [0.15, 0.2) is 47.7 Å². The van der Waals surface area contributed by atoms with Gasteiger partial charge in [-0.2, -0.15) is 5.10 Å². The Kier molecular flexibility index (Phi) is 10.5. The van der Waals surface area contributed by atoms with Crippen molar-refractivity contribution in [2.45, 2.75) is 39.5 Å². The lowest BCUT2D eigenvalue weighted by molar-refractivity contribution is 0.0529. The number of hydrogen-bond donors (Lipinski definition) is 3. The molecule has 1 heterocycles. The molecule has 0 aliphatic carbocycles. The molecule has 3 N–H and O–H groups in total. The number of benzene rings is 1. The van der Waals surface area contributed by atoms with Crippen molar-refractivity contribution in [3.05, 3.63) is 53.9 Å². The molecular weight excluding hydrogens is 483 g/mol. The van der Waals surface area contributed by atoms with Crippen LogP contribution < -0.4 is 16.0 Å². The van der Waals surface area contributed by atoms with Crippen LogP contribution >= 0.6 is 24.0 Å². The largest absolute Gasteiger partial charge is 0.444 e. The number of amides is 1. The van der Waals surface area contributed by atoms with Crippen molar-refractivity contribution in [1.29, 1.82) is 0 Å². The fourth-order valence-corrected chi connectivity index (χ4v) is 2.51. The number of aromatic nitrogens is 2. The number of alkyl carbamates (subject to hydrolysis) is 1. The highest BCUT2D eigenvalue weighted by Crippen LogP contribution is 2.10. The van der Waals surface area contributed by atoms with E-state index in [2.05, 4.69) is 38.2 Å². The maximum atomic E-state index is 11.6. The summed E-state index contributed by atoms with van der Waals surface area (Å²) in [5.41, 5.74) is 1.87. The molecule has 29 heavy (non-hydrogen) atoms. The normalized spacial score (nSPS) is 11.4. The molecule has 1 amide bonds. The van der Waals surface area contributed by atoms with E-state index in [-0.39, 0.29) is 24.0 Å². The second-order valence-electron chi connectivity index (χ2n) is 7.25. The summed E-state index contributed by atoms with van der Waals surface area (Å²) in [5.74, 6) is 0.667. The van der Waals surface area contributed by atoms with Crippen LogP contribution in [0.2, 0.25) is 0 Å². The molecule has 0 radical (unpaired) electrons. The van der Waals surface area contributed by atoms with E-state index in [9.17, 15) is 4.79 Å². The molecule has 1 aromatic heterocycles. The van der Waals surface area contributed by atoms with E-state index in [1.165, 1.54) is 11.1 Å². The lowest BCUT2D eigenvalue weighted by Gasteiger charge is -2.20. The summed E-state index contributed by atoms with van der Waals surface area (Å²) in [6.45, 7) is 7.83. The highest BCUT2D eigenvalue weighted by molar-refractivity contribution is 14.0. The first-order valence-electron chi connectivity index (χ1n) is 9.33. The third-order valence-corrected chi connectivity index (χ3v) is 3.77. The van der Waals surface area contributed by atoms with Crippen LogP contribution in [0.4, 0.5) is 4.79 Å². The number of carbonyl (C=O) groups excluding carboxylic acids is 1. The number of ether oxygens (including phenoxy) is 1. The number of hydrogen-bond acceptors (Lipinski definition) is 4. The average Bonchev–Trinajstić information content (AvgIpc) is 3.14. The van der Waals surface area contributed by atoms with Crippen LogP contribution in [0.5, 0.6) is 0 Å². The van der Waals surface area contributed by atoms with Crippen molar-refractivity contribution in [2.24, 2.45) is 4.99 Å². The van der Waals surface area contributed by atoms with Gasteiger partial charge in [-0.25, -0.2) is 4.79 Å². The third kappa shape index (κ3) is 9.64. The first-order chi connectivity index (χ1) is 13.4. The highest BCUT2D eigenvalue weighted by atomic mass is 127. The molecule has 0 bridgehead atoms. The van der Waals surface area contributed by atoms with Gasteiger partial charge in [-0.1, -0.05) is 24.3 Å². The predicted octanol–water partition coefficient (Wildman–Crippen LogP) is 2.74. The van der Waals surface area contributed by atoms with Gasteiger partial charge in [0.25, 0.3) is 0 Å². The number of nitrogens with zero attached hydrogens (tertiary/aromatic N) is 3. The zero-order chi connectivity index (χ0) is 20.4. The molecule has 0 aliphatic heterocycles. The van der Waals surface area contributed by atoms with E-state index >= 15 is 0 Å². The monoisotopic (exact) mass is 514 g/mol. The maximum Gasteiger partial charge on any atom is 0.407 e. The van der Waals surface area contributed by atoms with Crippen molar-refractivity contribution < 1.29 is 9.53 Å². The summed E-state index contributed by atoms with van der Waals surface area (Å²) in [5, 5.41) is 13.4. The number of aliphatic imine (C=N–C) groups is 1. The molecule has 0 fully saturated rings. The Hall–Kier alpha value is -2.30. The Balaban J connectivity index is 0.00000420. The Morgan fingerprint density at radius 2 is 1.79 bits per heavy atom. The average molecular weight is 514 g/mol. The predicted molar refractivity (Wildman–Crippen MR) is 126 cm³/mol. The number of nitrogens with one attached hydrogen (secondary N) is 3. The van der Waals surface area contributed by atoms with Gasteiger partial charge in [-0.15, -0.1) is 24.0 Å². The van der Waals surface area contributed by atoms with Crippen LogP contribution in [0.1, 0.15) is 31.9 Å². The van der Waals surface area contributed by atoms with E-state index in [0.717, 1.165) is 6.54 Å². The molecule has 0 saturated heterocycles. The highest BCUT2D eigenvalue weighted by Gasteiger charge is 2.15. The van der Waals surface area contributed by atoms with Gasteiger partial charge in [0.15, 0.2) is 5.96 Å². The van der Waals surface area contributed by atoms with Crippen LogP contribution in [0, 0.1) is 0 Å². The Morgan fingerprint density at radius 1 is 1.10 bits per heavy atom.